The molecule has 2 rings (SSSR count). The maximum Gasteiger partial charge on any atom is 0.401 e. The number of hydrogen-bond donors (Lipinski definition) is 1. The van der Waals surface area contributed by atoms with E-state index in [-0.39, 0.29) is 5.92 Å². The first kappa shape index (κ1) is 16.3. The highest BCUT2D eigenvalue weighted by atomic mass is 79.9. The monoisotopic (exact) mass is 418 g/mol. The molecule has 20 heavy (non-hydrogen) atoms. The van der Waals surface area contributed by atoms with Crippen LogP contribution in [0.25, 0.3) is 0 Å². The van der Waals surface area contributed by atoms with Gasteiger partial charge in [0.2, 0.25) is 0 Å². The fraction of sp³-hybridized carbons (Fsp3) is 0.667. The molecule has 1 aromatic heterocycles. The van der Waals surface area contributed by atoms with Gasteiger partial charge in [-0.15, -0.1) is 0 Å². The van der Waals surface area contributed by atoms with Crippen molar-refractivity contribution in [3.05, 3.63) is 21.0 Å². The van der Waals surface area contributed by atoms with Crippen LogP contribution in [-0.2, 0) is 6.54 Å². The fourth-order valence-corrected chi connectivity index (χ4v) is 3.01. The molecule has 8 heteroatoms. The Bertz CT molecular complexity index is 431. The van der Waals surface area contributed by atoms with E-state index in [1.807, 2.05) is 6.07 Å². The lowest BCUT2D eigenvalue weighted by molar-refractivity contribution is -0.143. The molecule has 1 aliphatic heterocycles. The van der Waals surface area contributed by atoms with E-state index in [0.29, 0.717) is 30.8 Å². The summed E-state index contributed by atoms with van der Waals surface area (Å²) in [5.74, 6) is 1.05. The van der Waals surface area contributed by atoms with Gasteiger partial charge in [0.25, 0.3) is 0 Å². The molecule has 0 saturated carbocycles. The van der Waals surface area contributed by atoms with Crippen LogP contribution in [0.15, 0.2) is 19.6 Å². The first-order chi connectivity index (χ1) is 9.33. The van der Waals surface area contributed by atoms with Crippen LogP contribution in [0.2, 0.25) is 0 Å². The standard InChI is InChI=1S/C12H15Br2F3N2O/c13-10-3-9(20-11(10)14)5-18-4-8-1-2-19(6-8)7-12(15,16)17/h3,8,18H,1-2,4-7H2. The van der Waals surface area contributed by atoms with E-state index in [9.17, 15) is 13.2 Å². The van der Waals surface area contributed by atoms with Crippen LogP contribution >= 0.6 is 31.9 Å². The Hall–Kier alpha value is -0.0500. The molecule has 1 saturated heterocycles. The molecule has 1 atom stereocenters. The highest BCUT2D eigenvalue weighted by molar-refractivity contribution is 9.13. The largest absolute Gasteiger partial charge is 0.452 e. The normalized spacial score (nSPS) is 20.8. The lowest BCUT2D eigenvalue weighted by atomic mass is 10.1. The van der Waals surface area contributed by atoms with Crippen molar-refractivity contribution in [2.75, 3.05) is 26.2 Å². The summed E-state index contributed by atoms with van der Waals surface area (Å²) in [7, 11) is 0. The zero-order valence-corrected chi connectivity index (χ0v) is 13.8. The number of nitrogens with one attached hydrogen (secondary N) is 1. The number of alkyl halides is 3. The third-order valence-electron chi connectivity index (χ3n) is 3.20. The number of halogens is 5. The number of nitrogens with zero attached hydrogens (tertiary/aromatic N) is 1. The first-order valence-electron chi connectivity index (χ1n) is 6.27. The third-order valence-corrected chi connectivity index (χ3v) is 4.91. The van der Waals surface area contributed by atoms with Gasteiger partial charge in [0.05, 0.1) is 17.6 Å². The maximum atomic E-state index is 12.3. The smallest absolute Gasteiger partial charge is 0.401 e. The predicted molar refractivity (Wildman–Crippen MR) is 76.4 cm³/mol. The van der Waals surface area contributed by atoms with Gasteiger partial charge in [-0.1, -0.05) is 0 Å². The average Bonchev–Trinajstić information content (AvgIpc) is 2.85. The van der Waals surface area contributed by atoms with Crippen LogP contribution in [0.4, 0.5) is 13.2 Å². The van der Waals surface area contributed by atoms with Crippen molar-refractivity contribution in [1.82, 2.24) is 10.2 Å². The van der Waals surface area contributed by atoms with Gasteiger partial charge >= 0.3 is 6.18 Å². The van der Waals surface area contributed by atoms with E-state index in [1.54, 1.807) is 0 Å². The van der Waals surface area contributed by atoms with Crippen molar-refractivity contribution in [3.8, 4) is 0 Å². The Labute approximate surface area is 132 Å². The molecule has 1 aromatic rings. The first-order valence-corrected chi connectivity index (χ1v) is 7.85. The van der Waals surface area contributed by atoms with Crippen LogP contribution in [0.5, 0.6) is 0 Å². The Balaban J connectivity index is 1.68. The van der Waals surface area contributed by atoms with Gasteiger partial charge in [0, 0.05) is 6.54 Å². The van der Waals surface area contributed by atoms with Crippen LogP contribution in [0.1, 0.15) is 12.2 Å². The SMILES string of the molecule is FC(F)(F)CN1CCC(CNCc2cc(Br)c(Br)o2)C1. The number of hydrogen-bond acceptors (Lipinski definition) is 3. The summed E-state index contributed by atoms with van der Waals surface area (Å²) < 4.78 is 43.7. The molecule has 0 amide bonds. The summed E-state index contributed by atoms with van der Waals surface area (Å²) in [6.45, 7) is 1.48. The van der Waals surface area contributed by atoms with E-state index in [0.717, 1.165) is 16.7 Å². The summed E-state index contributed by atoms with van der Waals surface area (Å²) in [6, 6.07) is 1.86. The predicted octanol–water partition coefficient (Wildman–Crippen LogP) is 3.78. The molecule has 1 N–H and O–H groups in total. The van der Waals surface area contributed by atoms with Crippen molar-refractivity contribution >= 4 is 31.9 Å². The molecule has 0 radical (unpaired) electrons. The molecule has 0 aliphatic carbocycles. The zero-order valence-electron chi connectivity index (χ0n) is 10.6. The van der Waals surface area contributed by atoms with Gasteiger partial charge in [0.15, 0.2) is 4.67 Å². The molecule has 0 bridgehead atoms. The van der Waals surface area contributed by atoms with Gasteiger partial charge in [0.1, 0.15) is 5.76 Å². The summed E-state index contributed by atoms with van der Waals surface area (Å²) in [4.78, 5) is 1.46. The van der Waals surface area contributed by atoms with Gasteiger partial charge in [-0.2, -0.15) is 13.2 Å². The second-order valence-corrected chi connectivity index (χ2v) is 6.54. The summed E-state index contributed by atoms with van der Waals surface area (Å²) >= 11 is 6.58. The minimum absolute atomic E-state index is 0.263. The summed E-state index contributed by atoms with van der Waals surface area (Å²) in [5.41, 5.74) is 0. The van der Waals surface area contributed by atoms with Crippen molar-refractivity contribution in [2.45, 2.75) is 19.1 Å². The molecule has 0 spiro atoms. The average molecular weight is 420 g/mol. The summed E-state index contributed by atoms with van der Waals surface area (Å²) in [5, 5.41) is 3.22. The van der Waals surface area contributed by atoms with Crippen LogP contribution in [0.3, 0.4) is 0 Å². The van der Waals surface area contributed by atoms with Crippen LogP contribution in [-0.4, -0.2) is 37.3 Å². The highest BCUT2D eigenvalue weighted by Crippen LogP contribution is 2.27. The lowest BCUT2D eigenvalue weighted by Crippen LogP contribution is -2.33. The van der Waals surface area contributed by atoms with Crippen molar-refractivity contribution in [3.63, 3.8) is 0 Å². The lowest BCUT2D eigenvalue weighted by Gasteiger charge is -2.17. The van der Waals surface area contributed by atoms with E-state index in [4.69, 9.17) is 4.42 Å². The summed E-state index contributed by atoms with van der Waals surface area (Å²) in [6.07, 6.45) is -3.30. The zero-order chi connectivity index (χ0) is 14.8. The van der Waals surface area contributed by atoms with Gasteiger partial charge in [-0.05, 0) is 63.4 Å². The quantitative estimate of drug-likeness (QED) is 0.787. The maximum absolute atomic E-state index is 12.3. The van der Waals surface area contributed by atoms with Gasteiger partial charge in [-0.25, -0.2) is 0 Å². The highest BCUT2D eigenvalue weighted by Gasteiger charge is 2.34. The Kier molecular flexibility index (Phi) is 5.56. The van der Waals surface area contributed by atoms with Crippen molar-refractivity contribution in [1.29, 1.82) is 0 Å². The molecule has 1 fully saturated rings. The number of rotatable bonds is 5. The molecule has 0 aromatic carbocycles. The molecule has 114 valence electrons. The minimum Gasteiger partial charge on any atom is -0.452 e. The molecule has 2 heterocycles. The Morgan fingerprint density at radius 3 is 2.75 bits per heavy atom. The van der Waals surface area contributed by atoms with E-state index < -0.39 is 12.7 Å². The number of furan rings is 1. The minimum atomic E-state index is -4.10. The molecular weight excluding hydrogens is 405 g/mol. The second kappa shape index (κ2) is 6.81. The Morgan fingerprint density at radius 2 is 2.15 bits per heavy atom. The molecular formula is C12H15Br2F3N2O. The number of likely N-dealkylation sites (tertiary alicyclic amines) is 1. The van der Waals surface area contributed by atoms with Crippen molar-refractivity contribution < 1.29 is 17.6 Å². The Morgan fingerprint density at radius 1 is 1.40 bits per heavy atom. The van der Waals surface area contributed by atoms with E-state index in [1.165, 1.54) is 4.90 Å². The van der Waals surface area contributed by atoms with Gasteiger partial charge in [-0.3, -0.25) is 4.90 Å². The molecule has 1 aliphatic rings. The van der Waals surface area contributed by atoms with Gasteiger partial charge < -0.3 is 9.73 Å². The van der Waals surface area contributed by atoms with Crippen molar-refractivity contribution in [2.24, 2.45) is 5.92 Å². The van der Waals surface area contributed by atoms with E-state index in [2.05, 4.69) is 37.2 Å². The molecule has 3 nitrogen and oxygen atoms in total. The fourth-order valence-electron chi connectivity index (χ4n) is 2.35. The van der Waals surface area contributed by atoms with E-state index >= 15 is 0 Å². The molecule has 1 unspecified atom stereocenters. The second-order valence-electron chi connectivity index (χ2n) is 4.97. The third kappa shape index (κ3) is 5.05. The van der Waals surface area contributed by atoms with Crippen LogP contribution in [0, 0.1) is 5.92 Å². The van der Waals surface area contributed by atoms with Crippen LogP contribution < -0.4 is 5.32 Å². The topological polar surface area (TPSA) is 28.4 Å².